The average Bonchev–Trinajstić information content (AvgIpc) is 2.53. The third-order valence-corrected chi connectivity index (χ3v) is 5.94. The summed E-state index contributed by atoms with van der Waals surface area (Å²) in [5.74, 6) is 0.474. The van der Waals surface area contributed by atoms with Gasteiger partial charge >= 0.3 is 0 Å². The summed E-state index contributed by atoms with van der Waals surface area (Å²) in [4.78, 5) is 0.328. The van der Waals surface area contributed by atoms with E-state index in [0.29, 0.717) is 17.4 Å². The van der Waals surface area contributed by atoms with Gasteiger partial charge in [0.1, 0.15) is 0 Å². The zero-order valence-electron chi connectivity index (χ0n) is 12.7. The average molecular weight is 310 g/mol. The Morgan fingerprint density at radius 2 is 1.81 bits per heavy atom. The zero-order valence-corrected chi connectivity index (χ0v) is 13.5. The molecule has 1 fully saturated rings. The molecule has 0 aromatic heterocycles. The number of benzene rings is 1. The predicted octanol–water partition coefficient (Wildman–Crippen LogP) is 2.78. The van der Waals surface area contributed by atoms with E-state index < -0.39 is 10.0 Å². The minimum Gasteiger partial charge on any atom is -0.326 e. The van der Waals surface area contributed by atoms with E-state index >= 15 is 0 Å². The summed E-state index contributed by atoms with van der Waals surface area (Å²) in [6.45, 7) is 2.48. The van der Waals surface area contributed by atoms with Gasteiger partial charge in [0, 0.05) is 12.6 Å². The van der Waals surface area contributed by atoms with Gasteiger partial charge in [-0.1, -0.05) is 38.3 Å². The van der Waals surface area contributed by atoms with Crippen LogP contribution < -0.4 is 10.5 Å². The monoisotopic (exact) mass is 310 g/mol. The van der Waals surface area contributed by atoms with Gasteiger partial charge in [0.25, 0.3) is 0 Å². The van der Waals surface area contributed by atoms with Crippen LogP contribution in [0.15, 0.2) is 29.2 Å². The zero-order chi connectivity index (χ0) is 15.3. The second kappa shape index (κ2) is 7.38. The first-order valence-electron chi connectivity index (χ1n) is 7.88. The summed E-state index contributed by atoms with van der Waals surface area (Å²) in [6.07, 6.45) is 6.81. The van der Waals surface area contributed by atoms with Crippen LogP contribution in [-0.4, -0.2) is 14.5 Å². The van der Waals surface area contributed by atoms with Gasteiger partial charge in [-0.05, 0) is 42.9 Å². The lowest BCUT2D eigenvalue weighted by atomic mass is 9.83. The number of hydrogen-bond acceptors (Lipinski definition) is 3. The van der Waals surface area contributed by atoms with Crippen LogP contribution in [0.1, 0.15) is 51.0 Å². The van der Waals surface area contributed by atoms with Gasteiger partial charge in [0.05, 0.1) is 4.90 Å². The van der Waals surface area contributed by atoms with Crippen molar-refractivity contribution in [3.8, 4) is 0 Å². The molecule has 1 saturated carbocycles. The van der Waals surface area contributed by atoms with Crippen LogP contribution in [0.3, 0.4) is 0 Å². The lowest BCUT2D eigenvalue weighted by Crippen LogP contribution is -2.40. The highest BCUT2D eigenvalue weighted by Gasteiger charge is 2.27. The summed E-state index contributed by atoms with van der Waals surface area (Å²) in [6, 6.07) is 6.87. The molecule has 0 saturated heterocycles. The molecule has 0 amide bonds. The van der Waals surface area contributed by atoms with E-state index in [-0.39, 0.29) is 6.04 Å². The van der Waals surface area contributed by atoms with E-state index in [1.165, 1.54) is 19.3 Å². The van der Waals surface area contributed by atoms with Gasteiger partial charge in [-0.25, -0.2) is 13.1 Å². The van der Waals surface area contributed by atoms with Crippen molar-refractivity contribution < 1.29 is 8.42 Å². The molecule has 1 aromatic rings. The lowest BCUT2D eigenvalue weighted by molar-refractivity contribution is 0.285. The van der Waals surface area contributed by atoms with E-state index in [1.54, 1.807) is 24.3 Å². The van der Waals surface area contributed by atoms with Gasteiger partial charge < -0.3 is 5.73 Å². The molecule has 0 heterocycles. The van der Waals surface area contributed by atoms with Crippen molar-refractivity contribution in [3.05, 3.63) is 29.8 Å². The highest BCUT2D eigenvalue weighted by atomic mass is 32.2. The van der Waals surface area contributed by atoms with Gasteiger partial charge in [0.2, 0.25) is 10.0 Å². The highest BCUT2D eigenvalue weighted by Crippen LogP contribution is 2.28. The standard InChI is InChI=1S/C16H26N2O2S/c1-2-16(14-6-4-3-5-7-14)18-21(19,20)15-10-8-13(12-17)9-11-15/h8-11,14,16,18H,2-7,12,17H2,1H3. The first kappa shape index (κ1) is 16.5. The van der Waals surface area contributed by atoms with Gasteiger partial charge in [-0.3, -0.25) is 0 Å². The van der Waals surface area contributed by atoms with Crippen molar-refractivity contribution in [2.75, 3.05) is 0 Å². The Kier molecular flexibility index (Phi) is 5.79. The molecular weight excluding hydrogens is 284 g/mol. The maximum absolute atomic E-state index is 12.5. The summed E-state index contributed by atoms with van der Waals surface area (Å²) >= 11 is 0. The van der Waals surface area contributed by atoms with Crippen molar-refractivity contribution in [1.29, 1.82) is 0 Å². The van der Waals surface area contributed by atoms with E-state index in [4.69, 9.17) is 5.73 Å². The first-order chi connectivity index (χ1) is 10.1. The Labute approximate surface area is 128 Å². The Morgan fingerprint density at radius 3 is 2.33 bits per heavy atom. The predicted molar refractivity (Wildman–Crippen MR) is 85.3 cm³/mol. The third kappa shape index (κ3) is 4.28. The largest absolute Gasteiger partial charge is 0.326 e. The van der Waals surface area contributed by atoms with E-state index in [9.17, 15) is 8.42 Å². The molecule has 1 unspecified atom stereocenters. The molecule has 0 bridgehead atoms. The number of hydrogen-bond donors (Lipinski definition) is 2. The minimum absolute atomic E-state index is 0.0458. The van der Waals surface area contributed by atoms with Crippen LogP contribution in [0, 0.1) is 5.92 Å². The third-order valence-electron chi connectivity index (χ3n) is 4.43. The van der Waals surface area contributed by atoms with Crippen LogP contribution in [0.4, 0.5) is 0 Å². The van der Waals surface area contributed by atoms with Gasteiger partial charge in [-0.2, -0.15) is 0 Å². The fourth-order valence-electron chi connectivity index (χ4n) is 3.12. The number of rotatable bonds is 6. The summed E-state index contributed by atoms with van der Waals surface area (Å²) in [5.41, 5.74) is 6.48. The molecule has 4 nitrogen and oxygen atoms in total. The van der Waals surface area contributed by atoms with E-state index in [2.05, 4.69) is 11.6 Å². The van der Waals surface area contributed by atoms with Gasteiger partial charge in [0.15, 0.2) is 0 Å². The van der Waals surface area contributed by atoms with Crippen molar-refractivity contribution in [2.24, 2.45) is 11.7 Å². The molecule has 2 rings (SSSR count). The van der Waals surface area contributed by atoms with Crippen LogP contribution in [0.5, 0.6) is 0 Å². The topological polar surface area (TPSA) is 72.2 Å². The molecule has 21 heavy (non-hydrogen) atoms. The van der Waals surface area contributed by atoms with Crippen molar-refractivity contribution in [2.45, 2.75) is 62.9 Å². The van der Waals surface area contributed by atoms with Crippen LogP contribution in [0.2, 0.25) is 0 Å². The Balaban J connectivity index is 2.10. The maximum atomic E-state index is 12.5. The molecule has 0 aliphatic heterocycles. The van der Waals surface area contributed by atoms with Crippen molar-refractivity contribution >= 4 is 10.0 Å². The first-order valence-corrected chi connectivity index (χ1v) is 9.36. The number of sulfonamides is 1. The summed E-state index contributed by atoms with van der Waals surface area (Å²) in [5, 5.41) is 0. The normalized spacial score (nSPS) is 18.6. The van der Waals surface area contributed by atoms with Crippen LogP contribution >= 0.6 is 0 Å². The molecule has 5 heteroatoms. The fraction of sp³-hybridized carbons (Fsp3) is 0.625. The summed E-state index contributed by atoms with van der Waals surface area (Å²) < 4.78 is 27.9. The van der Waals surface area contributed by atoms with Gasteiger partial charge in [-0.15, -0.1) is 0 Å². The maximum Gasteiger partial charge on any atom is 0.240 e. The van der Waals surface area contributed by atoms with Crippen LogP contribution in [0.25, 0.3) is 0 Å². The summed E-state index contributed by atoms with van der Waals surface area (Å²) in [7, 11) is -3.44. The molecular formula is C16H26N2O2S. The second-order valence-corrected chi connectivity index (χ2v) is 7.60. The lowest BCUT2D eigenvalue weighted by Gasteiger charge is -2.30. The van der Waals surface area contributed by atoms with Crippen molar-refractivity contribution in [1.82, 2.24) is 4.72 Å². The van der Waals surface area contributed by atoms with E-state index in [1.807, 2.05) is 0 Å². The second-order valence-electron chi connectivity index (χ2n) is 5.88. The number of nitrogens with one attached hydrogen (secondary N) is 1. The molecule has 1 aliphatic rings. The minimum atomic E-state index is -3.44. The fourth-order valence-corrected chi connectivity index (χ4v) is 4.51. The Morgan fingerprint density at radius 1 is 1.19 bits per heavy atom. The molecule has 3 N–H and O–H groups in total. The molecule has 118 valence electrons. The Bertz CT molecular complexity index is 534. The molecule has 1 aliphatic carbocycles. The van der Waals surface area contributed by atoms with Crippen LogP contribution in [-0.2, 0) is 16.6 Å². The quantitative estimate of drug-likeness (QED) is 0.848. The molecule has 0 radical (unpaired) electrons. The van der Waals surface area contributed by atoms with Crippen molar-refractivity contribution in [3.63, 3.8) is 0 Å². The molecule has 1 aromatic carbocycles. The SMILES string of the molecule is CCC(NS(=O)(=O)c1ccc(CN)cc1)C1CCCCC1. The molecule has 1 atom stereocenters. The smallest absolute Gasteiger partial charge is 0.240 e. The highest BCUT2D eigenvalue weighted by molar-refractivity contribution is 7.89. The van der Waals surface area contributed by atoms with E-state index in [0.717, 1.165) is 24.8 Å². The Hall–Kier alpha value is -0.910. The molecule has 0 spiro atoms. The number of nitrogens with two attached hydrogens (primary N) is 1.